The molecule has 0 aliphatic heterocycles. The summed E-state index contributed by atoms with van der Waals surface area (Å²) in [5.74, 6) is 0.801. The SMILES string of the molecule is CC12CCC(C1)C(C)(C)C2NC(=O)c1c[nH]c2ccccc12. The highest BCUT2D eigenvalue weighted by molar-refractivity contribution is 6.06. The first-order valence-corrected chi connectivity index (χ1v) is 8.29. The van der Waals surface area contributed by atoms with Crippen LogP contribution in [0.1, 0.15) is 50.4 Å². The Morgan fingerprint density at radius 2 is 2.05 bits per heavy atom. The van der Waals surface area contributed by atoms with Crippen LogP contribution in [0.25, 0.3) is 10.9 Å². The molecule has 1 aromatic carbocycles. The second-order valence-electron chi connectivity index (χ2n) is 8.07. The molecular formula is C19H24N2O. The highest BCUT2D eigenvalue weighted by Crippen LogP contribution is 2.62. The Morgan fingerprint density at radius 1 is 1.27 bits per heavy atom. The lowest BCUT2D eigenvalue weighted by molar-refractivity contribution is 0.0739. The summed E-state index contributed by atoms with van der Waals surface area (Å²) in [4.78, 5) is 16.0. The monoisotopic (exact) mass is 296 g/mol. The standard InChI is InChI=1S/C19H24N2O/c1-18(2)12-8-9-19(3,10-12)17(18)21-16(22)14-11-20-15-7-5-4-6-13(14)15/h4-7,11-12,17,20H,8-10H2,1-3H3,(H,21,22). The van der Waals surface area contributed by atoms with Crippen molar-refractivity contribution in [2.75, 3.05) is 0 Å². The molecule has 0 saturated heterocycles. The number of aromatic nitrogens is 1. The molecule has 2 saturated carbocycles. The van der Waals surface area contributed by atoms with Crippen molar-refractivity contribution in [3.63, 3.8) is 0 Å². The molecule has 0 radical (unpaired) electrons. The average Bonchev–Trinajstić information content (AvgIpc) is 3.12. The van der Waals surface area contributed by atoms with E-state index in [1.807, 2.05) is 30.5 Å². The van der Waals surface area contributed by atoms with E-state index in [-0.39, 0.29) is 22.8 Å². The molecule has 3 unspecified atom stereocenters. The quantitative estimate of drug-likeness (QED) is 0.860. The van der Waals surface area contributed by atoms with Crippen molar-refractivity contribution in [1.29, 1.82) is 0 Å². The largest absolute Gasteiger partial charge is 0.360 e. The first kappa shape index (κ1) is 13.9. The van der Waals surface area contributed by atoms with E-state index in [0.717, 1.165) is 22.4 Å². The lowest BCUT2D eigenvalue weighted by Gasteiger charge is -2.43. The third-order valence-corrected chi connectivity index (χ3v) is 6.38. The van der Waals surface area contributed by atoms with Crippen molar-refractivity contribution >= 4 is 16.8 Å². The fourth-order valence-corrected chi connectivity index (χ4v) is 5.13. The summed E-state index contributed by atoms with van der Waals surface area (Å²) < 4.78 is 0. The van der Waals surface area contributed by atoms with Crippen molar-refractivity contribution < 1.29 is 4.79 Å². The van der Waals surface area contributed by atoms with Gasteiger partial charge in [0.15, 0.2) is 0 Å². The molecule has 22 heavy (non-hydrogen) atoms. The third kappa shape index (κ3) is 1.77. The van der Waals surface area contributed by atoms with Gasteiger partial charge in [0.2, 0.25) is 0 Å². The second-order valence-corrected chi connectivity index (χ2v) is 8.07. The van der Waals surface area contributed by atoms with Crippen molar-refractivity contribution in [2.45, 2.75) is 46.1 Å². The van der Waals surface area contributed by atoms with Crippen LogP contribution in [0.2, 0.25) is 0 Å². The lowest BCUT2D eigenvalue weighted by Crippen LogP contribution is -2.52. The van der Waals surface area contributed by atoms with E-state index in [2.05, 4.69) is 31.1 Å². The zero-order valence-electron chi connectivity index (χ0n) is 13.6. The molecule has 2 aliphatic rings. The number of nitrogens with one attached hydrogen (secondary N) is 2. The van der Waals surface area contributed by atoms with E-state index in [4.69, 9.17) is 0 Å². The minimum atomic E-state index is 0.0595. The molecule has 0 spiro atoms. The number of fused-ring (bicyclic) bond motifs is 3. The van der Waals surface area contributed by atoms with Gasteiger partial charge in [0.05, 0.1) is 5.56 Å². The maximum Gasteiger partial charge on any atom is 0.253 e. The van der Waals surface area contributed by atoms with E-state index in [1.54, 1.807) is 0 Å². The first-order chi connectivity index (χ1) is 10.4. The molecule has 2 aliphatic carbocycles. The Morgan fingerprint density at radius 3 is 2.77 bits per heavy atom. The number of carbonyl (C=O) groups excluding carboxylic acids is 1. The number of hydrogen-bond donors (Lipinski definition) is 2. The minimum Gasteiger partial charge on any atom is -0.360 e. The topological polar surface area (TPSA) is 44.9 Å². The van der Waals surface area contributed by atoms with Crippen molar-refractivity contribution in [3.05, 3.63) is 36.0 Å². The van der Waals surface area contributed by atoms with Crippen LogP contribution in [0.4, 0.5) is 0 Å². The van der Waals surface area contributed by atoms with Crippen LogP contribution in [-0.4, -0.2) is 16.9 Å². The molecule has 3 nitrogen and oxygen atoms in total. The molecule has 1 aromatic heterocycles. The molecule has 3 atom stereocenters. The van der Waals surface area contributed by atoms with Crippen LogP contribution < -0.4 is 5.32 Å². The van der Waals surface area contributed by atoms with Gasteiger partial charge in [-0.3, -0.25) is 4.79 Å². The highest BCUT2D eigenvalue weighted by Gasteiger charge is 2.59. The van der Waals surface area contributed by atoms with Crippen LogP contribution >= 0.6 is 0 Å². The zero-order valence-corrected chi connectivity index (χ0v) is 13.6. The van der Waals surface area contributed by atoms with Gasteiger partial charge in [-0.2, -0.15) is 0 Å². The van der Waals surface area contributed by atoms with Gasteiger partial charge >= 0.3 is 0 Å². The van der Waals surface area contributed by atoms with E-state index >= 15 is 0 Å². The number of H-pyrrole nitrogens is 1. The maximum absolute atomic E-state index is 12.9. The van der Waals surface area contributed by atoms with Crippen LogP contribution in [0.3, 0.4) is 0 Å². The number of amides is 1. The summed E-state index contributed by atoms with van der Waals surface area (Å²) in [6.07, 6.45) is 5.63. The van der Waals surface area contributed by atoms with Crippen LogP contribution in [0.5, 0.6) is 0 Å². The van der Waals surface area contributed by atoms with E-state index in [0.29, 0.717) is 0 Å². The Balaban J connectivity index is 1.65. The summed E-state index contributed by atoms with van der Waals surface area (Å²) >= 11 is 0. The molecule has 116 valence electrons. The molecule has 3 heteroatoms. The van der Waals surface area contributed by atoms with Gasteiger partial charge in [-0.1, -0.05) is 39.0 Å². The number of aromatic amines is 1. The lowest BCUT2D eigenvalue weighted by atomic mass is 9.68. The molecule has 4 rings (SSSR count). The van der Waals surface area contributed by atoms with Gasteiger partial charge in [-0.05, 0) is 42.1 Å². The summed E-state index contributed by atoms with van der Waals surface area (Å²) in [6.45, 7) is 6.99. The summed E-state index contributed by atoms with van der Waals surface area (Å²) in [5.41, 5.74) is 2.23. The number of carbonyl (C=O) groups is 1. The maximum atomic E-state index is 12.9. The van der Waals surface area contributed by atoms with E-state index in [1.165, 1.54) is 19.3 Å². The predicted molar refractivity (Wildman–Crippen MR) is 88.8 cm³/mol. The number of hydrogen-bond acceptors (Lipinski definition) is 1. The normalized spacial score (nSPS) is 32.5. The summed E-state index contributed by atoms with van der Waals surface area (Å²) in [7, 11) is 0. The zero-order chi connectivity index (χ0) is 15.5. The van der Waals surface area contributed by atoms with Gasteiger partial charge < -0.3 is 10.3 Å². The highest BCUT2D eigenvalue weighted by atomic mass is 16.1. The molecule has 1 amide bonds. The van der Waals surface area contributed by atoms with Crippen LogP contribution in [0, 0.1) is 16.7 Å². The molecule has 2 fully saturated rings. The molecule has 2 N–H and O–H groups in total. The van der Waals surface area contributed by atoms with E-state index in [9.17, 15) is 4.79 Å². The fraction of sp³-hybridized carbons (Fsp3) is 0.526. The van der Waals surface area contributed by atoms with Gasteiger partial charge in [0.1, 0.15) is 0 Å². The van der Waals surface area contributed by atoms with Crippen LogP contribution in [-0.2, 0) is 0 Å². The Bertz CT molecular complexity index is 740. The Hall–Kier alpha value is -1.77. The van der Waals surface area contributed by atoms with Gasteiger partial charge in [0.25, 0.3) is 5.91 Å². The smallest absolute Gasteiger partial charge is 0.253 e. The summed E-state index contributed by atoms with van der Waals surface area (Å²) in [6, 6.07) is 8.25. The molecule has 2 aromatic rings. The Labute approximate surface area is 131 Å². The van der Waals surface area contributed by atoms with Crippen molar-refractivity contribution in [2.24, 2.45) is 16.7 Å². The van der Waals surface area contributed by atoms with Crippen LogP contribution in [0.15, 0.2) is 30.5 Å². The Kier molecular flexibility index (Phi) is 2.76. The van der Waals surface area contributed by atoms with Gasteiger partial charge in [0, 0.05) is 23.1 Å². The van der Waals surface area contributed by atoms with E-state index < -0.39 is 0 Å². The van der Waals surface area contributed by atoms with Gasteiger partial charge in [-0.15, -0.1) is 0 Å². The first-order valence-electron chi connectivity index (χ1n) is 8.29. The molecule has 1 heterocycles. The predicted octanol–water partition coefficient (Wildman–Crippen LogP) is 4.11. The number of benzene rings is 1. The molecular weight excluding hydrogens is 272 g/mol. The van der Waals surface area contributed by atoms with Gasteiger partial charge in [-0.25, -0.2) is 0 Å². The number of rotatable bonds is 2. The second kappa shape index (κ2) is 4.37. The number of para-hydroxylation sites is 1. The fourth-order valence-electron chi connectivity index (χ4n) is 5.13. The molecule has 2 bridgehead atoms. The van der Waals surface area contributed by atoms with Crippen molar-refractivity contribution in [1.82, 2.24) is 10.3 Å². The summed E-state index contributed by atoms with van der Waals surface area (Å²) in [5, 5.41) is 4.38. The average molecular weight is 296 g/mol. The van der Waals surface area contributed by atoms with Crippen molar-refractivity contribution in [3.8, 4) is 0 Å². The minimum absolute atomic E-state index is 0.0595. The third-order valence-electron chi connectivity index (χ3n) is 6.38.